The van der Waals surface area contributed by atoms with Gasteiger partial charge in [-0.3, -0.25) is 0 Å². The summed E-state index contributed by atoms with van der Waals surface area (Å²) >= 11 is 6.34. The Balaban J connectivity index is 2.40. The fraction of sp³-hybridized carbons (Fsp3) is 0.375. The van der Waals surface area contributed by atoms with Crippen molar-refractivity contribution in [1.82, 2.24) is 0 Å². The van der Waals surface area contributed by atoms with Crippen molar-refractivity contribution in [3.63, 3.8) is 0 Å². The molecule has 0 saturated heterocycles. The molecule has 1 aromatic carbocycles. The van der Waals surface area contributed by atoms with Crippen molar-refractivity contribution in [2.24, 2.45) is 5.73 Å². The molecule has 114 valence electrons. The third-order valence-electron chi connectivity index (χ3n) is 3.11. The molecule has 0 fully saturated rings. The number of benzene rings is 1. The Morgan fingerprint density at radius 3 is 2.29 bits per heavy atom. The molecular formula is C16H20ClNO3. The molecule has 0 aliphatic carbocycles. The van der Waals surface area contributed by atoms with Crippen LogP contribution in [0, 0.1) is 6.92 Å². The van der Waals surface area contributed by atoms with E-state index < -0.39 is 0 Å². The normalized spacial score (nSPS) is 12.2. The van der Waals surface area contributed by atoms with Gasteiger partial charge in [-0.15, -0.1) is 0 Å². The first-order valence-corrected chi connectivity index (χ1v) is 7.34. The number of nitrogens with two attached hydrogens (primary N) is 1. The summed E-state index contributed by atoms with van der Waals surface area (Å²) < 4.78 is 16.5. The molecule has 2 aromatic rings. The molecule has 1 atom stereocenters. The Morgan fingerprint density at radius 1 is 1.14 bits per heavy atom. The Bertz CT molecular complexity index is 610. The van der Waals surface area contributed by atoms with Crippen LogP contribution in [0.5, 0.6) is 11.5 Å². The highest BCUT2D eigenvalue weighted by Gasteiger charge is 2.18. The molecule has 0 spiro atoms. The van der Waals surface area contributed by atoms with Crippen LogP contribution in [0.25, 0.3) is 0 Å². The maximum absolute atomic E-state index is 6.34. The second-order valence-electron chi connectivity index (χ2n) is 4.65. The van der Waals surface area contributed by atoms with E-state index in [-0.39, 0.29) is 6.04 Å². The molecule has 21 heavy (non-hydrogen) atoms. The molecule has 0 aliphatic rings. The zero-order valence-corrected chi connectivity index (χ0v) is 13.2. The molecule has 1 unspecified atom stereocenters. The topological polar surface area (TPSA) is 57.6 Å². The highest BCUT2D eigenvalue weighted by atomic mass is 35.5. The first-order chi connectivity index (χ1) is 10.1. The Morgan fingerprint density at radius 2 is 1.76 bits per heavy atom. The molecule has 1 heterocycles. The maximum Gasteiger partial charge on any atom is 0.162 e. The van der Waals surface area contributed by atoms with E-state index in [0.29, 0.717) is 29.7 Å². The highest BCUT2D eigenvalue weighted by Crippen LogP contribution is 2.37. The van der Waals surface area contributed by atoms with Crippen LogP contribution in [0.2, 0.25) is 5.02 Å². The molecule has 4 nitrogen and oxygen atoms in total. The van der Waals surface area contributed by atoms with Gasteiger partial charge in [0, 0.05) is 16.7 Å². The molecule has 5 heteroatoms. The van der Waals surface area contributed by atoms with Gasteiger partial charge in [0.05, 0.1) is 25.5 Å². The molecular weight excluding hydrogens is 290 g/mol. The van der Waals surface area contributed by atoms with Crippen molar-refractivity contribution in [3.05, 3.63) is 46.4 Å². The van der Waals surface area contributed by atoms with Gasteiger partial charge in [-0.25, -0.2) is 0 Å². The number of rotatable bonds is 6. The summed E-state index contributed by atoms with van der Waals surface area (Å²) in [6.45, 7) is 6.80. The summed E-state index contributed by atoms with van der Waals surface area (Å²) in [6, 6.07) is 5.12. The number of ether oxygens (including phenoxy) is 2. The van der Waals surface area contributed by atoms with E-state index in [1.807, 2.05) is 32.9 Å². The molecule has 2 rings (SSSR count). The number of aryl methyl sites for hydroxylation is 1. The monoisotopic (exact) mass is 309 g/mol. The molecule has 1 aromatic heterocycles. The van der Waals surface area contributed by atoms with Gasteiger partial charge in [0.1, 0.15) is 5.76 Å². The van der Waals surface area contributed by atoms with Crippen molar-refractivity contribution in [2.75, 3.05) is 13.2 Å². The fourth-order valence-electron chi connectivity index (χ4n) is 2.13. The Labute approximate surface area is 129 Å². The zero-order chi connectivity index (χ0) is 15.4. The van der Waals surface area contributed by atoms with E-state index in [1.165, 1.54) is 0 Å². The molecule has 0 bridgehead atoms. The van der Waals surface area contributed by atoms with Crippen molar-refractivity contribution < 1.29 is 13.9 Å². The number of halogens is 1. The van der Waals surface area contributed by atoms with E-state index in [4.69, 9.17) is 31.2 Å². The lowest BCUT2D eigenvalue weighted by Gasteiger charge is -2.17. The van der Waals surface area contributed by atoms with Crippen molar-refractivity contribution in [2.45, 2.75) is 26.8 Å². The lowest BCUT2D eigenvalue weighted by atomic mass is 10.0. The van der Waals surface area contributed by atoms with Gasteiger partial charge in [0.15, 0.2) is 11.5 Å². The van der Waals surface area contributed by atoms with E-state index in [0.717, 1.165) is 16.9 Å². The minimum absolute atomic E-state index is 0.371. The summed E-state index contributed by atoms with van der Waals surface area (Å²) in [5, 5.41) is 0.549. The first kappa shape index (κ1) is 15.7. The zero-order valence-electron chi connectivity index (χ0n) is 12.5. The van der Waals surface area contributed by atoms with Crippen LogP contribution in [0.3, 0.4) is 0 Å². The van der Waals surface area contributed by atoms with E-state index in [1.54, 1.807) is 12.3 Å². The summed E-state index contributed by atoms with van der Waals surface area (Å²) in [4.78, 5) is 0. The predicted molar refractivity (Wildman–Crippen MR) is 83.3 cm³/mol. The van der Waals surface area contributed by atoms with E-state index in [9.17, 15) is 0 Å². The summed E-state index contributed by atoms with van der Waals surface area (Å²) in [6.07, 6.45) is 1.65. The maximum atomic E-state index is 6.34. The smallest absolute Gasteiger partial charge is 0.162 e. The average molecular weight is 310 g/mol. The van der Waals surface area contributed by atoms with Crippen LogP contribution in [-0.4, -0.2) is 13.2 Å². The number of furan rings is 1. The Hall–Kier alpha value is -1.65. The molecule has 2 N–H and O–H groups in total. The van der Waals surface area contributed by atoms with Gasteiger partial charge in [0.25, 0.3) is 0 Å². The molecule has 0 radical (unpaired) electrons. The third-order valence-corrected chi connectivity index (χ3v) is 3.44. The summed E-state index contributed by atoms with van der Waals surface area (Å²) in [5.74, 6) is 2.09. The number of hydrogen-bond acceptors (Lipinski definition) is 4. The van der Waals surface area contributed by atoms with Gasteiger partial charge in [0.2, 0.25) is 0 Å². The summed E-state index contributed by atoms with van der Waals surface area (Å²) in [7, 11) is 0. The highest BCUT2D eigenvalue weighted by molar-refractivity contribution is 6.31. The standard InChI is InChI=1S/C16H20ClNO3/c1-4-19-14-7-12(13(17)8-15(14)20-5-2)16(18)11-6-10(3)21-9-11/h6-9,16H,4-5,18H2,1-3H3. The van der Waals surface area contributed by atoms with Crippen LogP contribution in [-0.2, 0) is 0 Å². The molecule has 0 amide bonds. The predicted octanol–water partition coefficient (Wildman–Crippen LogP) is 4.09. The van der Waals surface area contributed by atoms with Crippen molar-refractivity contribution >= 4 is 11.6 Å². The molecule has 0 aliphatic heterocycles. The van der Waals surface area contributed by atoms with Gasteiger partial charge in [-0.05, 0) is 38.5 Å². The Kier molecular flexibility index (Phi) is 5.15. The second-order valence-corrected chi connectivity index (χ2v) is 5.06. The lowest BCUT2D eigenvalue weighted by Crippen LogP contribution is -2.12. The van der Waals surface area contributed by atoms with Crippen LogP contribution in [0.4, 0.5) is 0 Å². The van der Waals surface area contributed by atoms with Gasteiger partial charge in [-0.1, -0.05) is 11.6 Å². The number of hydrogen-bond donors (Lipinski definition) is 1. The lowest BCUT2D eigenvalue weighted by molar-refractivity contribution is 0.287. The van der Waals surface area contributed by atoms with Gasteiger partial charge in [-0.2, -0.15) is 0 Å². The van der Waals surface area contributed by atoms with Crippen molar-refractivity contribution in [3.8, 4) is 11.5 Å². The first-order valence-electron chi connectivity index (χ1n) is 6.96. The second kappa shape index (κ2) is 6.87. The molecule has 0 saturated carbocycles. The third kappa shape index (κ3) is 3.52. The SMILES string of the molecule is CCOc1cc(Cl)c(C(N)c2coc(C)c2)cc1OCC. The minimum Gasteiger partial charge on any atom is -0.490 e. The van der Waals surface area contributed by atoms with Crippen LogP contribution in [0.15, 0.2) is 28.9 Å². The minimum atomic E-state index is -0.371. The van der Waals surface area contributed by atoms with Crippen LogP contribution in [0.1, 0.15) is 36.8 Å². The van der Waals surface area contributed by atoms with Gasteiger partial charge < -0.3 is 19.6 Å². The van der Waals surface area contributed by atoms with Gasteiger partial charge >= 0.3 is 0 Å². The average Bonchev–Trinajstić information content (AvgIpc) is 2.88. The summed E-state index contributed by atoms with van der Waals surface area (Å²) in [5.41, 5.74) is 7.94. The largest absolute Gasteiger partial charge is 0.490 e. The van der Waals surface area contributed by atoms with E-state index >= 15 is 0 Å². The van der Waals surface area contributed by atoms with Crippen LogP contribution < -0.4 is 15.2 Å². The van der Waals surface area contributed by atoms with Crippen molar-refractivity contribution in [1.29, 1.82) is 0 Å². The van der Waals surface area contributed by atoms with E-state index in [2.05, 4.69) is 0 Å². The fourth-order valence-corrected chi connectivity index (χ4v) is 2.40. The quantitative estimate of drug-likeness (QED) is 0.873. The van der Waals surface area contributed by atoms with Crippen LogP contribution >= 0.6 is 11.6 Å².